The van der Waals surface area contributed by atoms with E-state index in [1.807, 2.05) is 32.0 Å². The maximum Gasteiger partial charge on any atom is 0.248 e. The highest BCUT2D eigenvalue weighted by Crippen LogP contribution is 2.31. The number of hydrogen-bond acceptors (Lipinski definition) is 6. The Labute approximate surface area is 194 Å². The van der Waals surface area contributed by atoms with E-state index in [9.17, 15) is 13.2 Å². The zero-order valence-corrected chi connectivity index (χ0v) is 19.6. The summed E-state index contributed by atoms with van der Waals surface area (Å²) in [5.41, 5.74) is 2.30. The van der Waals surface area contributed by atoms with Crippen LogP contribution in [0.1, 0.15) is 25.0 Å². The van der Waals surface area contributed by atoms with E-state index in [-0.39, 0.29) is 16.9 Å². The van der Waals surface area contributed by atoms with Crippen molar-refractivity contribution in [2.24, 2.45) is 0 Å². The van der Waals surface area contributed by atoms with Crippen LogP contribution in [0, 0.1) is 0 Å². The SMILES string of the molecule is CC(C)Oc1ccc(S(=O)(=O)N2CCOCC2)cc1NC(=O)/C=C/c1ccc2c(c1)CCO2. The van der Waals surface area contributed by atoms with Gasteiger partial charge in [-0.1, -0.05) is 6.07 Å². The monoisotopic (exact) mass is 472 g/mol. The predicted octanol–water partition coefficient (Wildman–Crippen LogP) is 3.08. The van der Waals surface area contributed by atoms with E-state index in [0.717, 1.165) is 23.3 Å². The molecule has 0 aliphatic carbocycles. The van der Waals surface area contributed by atoms with Crippen LogP contribution in [0.2, 0.25) is 0 Å². The molecule has 8 nitrogen and oxygen atoms in total. The van der Waals surface area contributed by atoms with Crippen molar-refractivity contribution in [3.8, 4) is 11.5 Å². The Bertz CT molecular complexity index is 1150. The van der Waals surface area contributed by atoms with Crippen molar-refractivity contribution in [2.75, 3.05) is 38.2 Å². The lowest BCUT2D eigenvalue weighted by Crippen LogP contribution is -2.40. The summed E-state index contributed by atoms with van der Waals surface area (Å²) in [6.45, 7) is 5.70. The first-order valence-electron chi connectivity index (χ1n) is 11.0. The largest absolute Gasteiger partial charge is 0.493 e. The molecule has 0 atom stereocenters. The zero-order chi connectivity index (χ0) is 23.4. The minimum absolute atomic E-state index is 0.0957. The summed E-state index contributed by atoms with van der Waals surface area (Å²) >= 11 is 0. The van der Waals surface area contributed by atoms with Crippen LogP contribution in [0.15, 0.2) is 47.4 Å². The zero-order valence-electron chi connectivity index (χ0n) is 18.7. The molecule has 0 unspecified atom stereocenters. The Morgan fingerprint density at radius 1 is 1.12 bits per heavy atom. The number of benzene rings is 2. The summed E-state index contributed by atoms with van der Waals surface area (Å²) in [6.07, 6.45) is 3.83. The molecule has 1 amide bonds. The Kier molecular flexibility index (Phi) is 7.02. The first-order valence-corrected chi connectivity index (χ1v) is 12.4. The molecule has 2 aliphatic heterocycles. The molecule has 2 aromatic rings. The summed E-state index contributed by atoms with van der Waals surface area (Å²) in [6, 6.07) is 10.3. The second-order valence-electron chi connectivity index (χ2n) is 8.13. The number of rotatable bonds is 7. The smallest absolute Gasteiger partial charge is 0.248 e. The normalized spacial score (nSPS) is 16.6. The van der Waals surface area contributed by atoms with Gasteiger partial charge in [-0.3, -0.25) is 4.79 Å². The molecule has 33 heavy (non-hydrogen) atoms. The number of anilines is 1. The lowest BCUT2D eigenvalue weighted by atomic mass is 10.1. The molecule has 176 valence electrons. The van der Waals surface area contributed by atoms with Gasteiger partial charge in [0.15, 0.2) is 0 Å². The number of hydrogen-bond donors (Lipinski definition) is 1. The molecule has 2 aliphatic rings. The number of carbonyl (C=O) groups excluding carboxylic acids is 1. The van der Waals surface area contributed by atoms with E-state index in [2.05, 4.69) is 5.32 Å². The summed E-state index contributed by atoms with van der Waals surface area (Å²) in [4.78, 5) is 12.8. The van der Waals surface area contributed by atoms with E-state index >= 15 is 0 Å². The van der Waals surface area contributed by atoms with Crippen LogP contribution in [0.25, 0.3) is 6.08 Å². The fourth-order valence-corrected chi connectivity index (χ4v) is 5.15. The summed E-state index contributed by atoms with van der Waals surface area (Å²) in [7, 11) is -3.71. The lowest BCUT2D eigenvalue weighted by Gasteiger charge is -2.26. The van der Waals surface area contributed by atoms with Gasteiger partial charge in [-0.15, -0.1) is 0 Å². The van der Waals surface area contributed by atoms with Crippen LogP contribution in [-0.4, -0.2) is 57.6 Å². The number of sulfonamides is 1. The van der Waals surface area contributed by atoms with Crippen molar-refractivity contribution < 1.29 is 27.4 Å². The molecule has 0 aromatic heterocycles. The maximum atomic E-state index is 13.1. The molecular formula is C24H28N2O6S. The fourth-order valence-electron chi connectivity index (χ4n) is 3.72. The summed E-state index contributed by atoms with van der Waals surface area (Å²) in [5, 5.41) is 2.77. The Hall–Kier alpha value is -2.88. The predicted molar refractivity (Wildman–Crippen MR) is 125 cm³/mol. The topological polar surface area (TPSA) is 94.2 Å². The van der Waals surface area contributed by atoms with Crippen molar-refractivity contribution in [1.29, 1.82) is 0 Å². The minimum Gasteiger partial charge on any atom is -0.493 e. The van der Waals surface area contributed by atoms with Crippen LogP contribution in [0.5, 0.6) is 11.5 Å². The Morgan fingerprint density at radius 2 is 1.91 bits per heavy atom. The summed E-state index contributed by atoms with van der Waals surface area (Å²) in [5.74, 6) is 0.897. The average molecular weight is 473 g/mol. The highest BCUT2D eigenvalue weighted by atomic mass is 32.2. The van der Waals surface area contributed by atoms with Gasteiger partial charge in [-0.25, -0.2) is 8.42 Å². The van der Waals surface area contributed by atoms with Crippen LogP contribution >= 0.6 is 0 Å². The first-order chi connectivity index (χ1) is 15.8. The molecule has 0 radical (unpaired) electrons. The number of nitrogens with one attached hydrogen (secondary N) is 1. The minimum atomic E-state index is -3.71. The quantitative estimate of drug-likeness (QED) is 0.623. The molecule has 4 rings (SSSR count). The third-order valence-electron chi connectivity index (χ3n) is 5.32. The van der Waals surface area contributed by atoms with Crippen molar-refractivity contribution in [3.05, 3.63) is 53.6 Å². The number of carbonyl (C=O) groups is 1. The Morgan fingerprint density at radius 3 is 2.67 bits per heavy atom. The molecule has 0 spiro atoms. The van der Waals surface area contributed by atoms with E-state index < -0.39 is 10.0 Å². The molecule has 0 saturated carbocycles. The van der Waals surface area contributed by atoms with Gasteiger partial charge in [0.2, 0.25) is 15.9 Å². The fraction of sp³-hybridized carbons (Fsp3) is 0.375. The van der Waals surface area contributed by atoms with Crippen LogP contribution < -0.4 is 14.8 Å². The van der Waals surface area contributed by atoms with E-state index in [4.69, 9.17) is 14.2 Å². The van der Waals surface area contributed by atoms with E-state index in [1.165, 1.54) is 22.5 Å². The lowest BCUT2D eigenvalue weighted by molar-refractivity contribution is -0.111. The molecule has 1 saturated heterocycles. The molecule has 2 aromatic carbocycles. The van der Waals surface area contributed by atoms with Crippen molar-refractivity contribution in [1.82, 2.24) is 4.31 Å². The molecule has 9 heteroatoms. The standard InChI is InChI=1S/C24H28N2O6S/c1-17(2)32-23-7-5-20(33(28,29)26-10-13-30-14-11-26)16-21(23)25-24(27)8-4-18-3-6-22-19(15-18)9-12-31-22/h3-8,15-17H,9-14H2,1-2H3,(H,25,27)/b8-4+. The Balaban J connectivity index is 1.55. The van der Waals surface area contributed by atoms with Gasteiger partial charge in [-0.2, -0.15) is 4.31 Å². The van der Waals surface area contributed by atoms with Gasteiger partial charge < -0.3 is 19.5 Å². The maximum absolute atomic E-state index is 13.1. The van der Waals surface area contributed by atoms with Gasteiger partial charge >= 0.3 is 0 Å². The number of fused-ring (bicyclic) bond motifs is 1. The second-order valence-corrected chi connectivity index (χ2v) is 10.1. The van der Waals surface area contributed by atoms with Crippen LogP contribution in [-0.2, 0) is 26.0 Å². The highest BCUT2D eigenvalue weighted by molar-refractivity contribution is 7.89. The van der Waals surface area contributed by atoms with Gasteiger partial charge in [0.05, 0.1) is 36.5 Å². The van der Waals surface area contributed by atoms with Crippen molar-refractivity contribution in [2.45, 2.75) is 31.3 Å². The van der Waals surface area contributed by atoms with Crippen molar-refractivity contribution >= 4 is 27.7 Å². The van der Waals surface area contributed by atoms with E-state index in [1.54, 1.807) is 12.1 Å². The van der Waals surface area contributed by atoms with Crippen LogP contribution in [0.4, 0.5) is 5.69 Å². The number of amides is 1. The van der Waals surface area contributed by atoms with Gasteiger partial charge in [0, 0.05) is 25.6 Å². The molecule has 1 fully saturated rings. The number of ether oxygens (including phenoxy) is 3. The molecule has 1 N–H and O–H groups in total. The van der Waals surface area contributed by atoms with E-state index in [0.29, 0.717) is 44.3 Å². The van der Waals surface area contributed by atoms with Gasteiger partial charge in [0.1, 0.15) is 11.5 Å². The molecule has 0 bridgehead atoms. The molecular weight excluding hydrogens is 444 g/mol. The average Bonchev–Trinajstić information content (AvgIpc) is 3.27. The third-order valence-corrected chi connectivity index (χ3v) is 7.21. The first kappa shape index (κ1) is 23.3. The van der Waals surface area contributed by atoms with Gasteiger partial charge in [0.25, 0.3) is 0 Å². The number of nitrogens with zero attached hydrogens (tertiary/aromatic N) is 1. The number of morpholine rings is 1. The third kappa shape index (κ3) is 5.55. The second kappa shape index (κ2) is 9.94. The van der Waals surface area contributed by atoms with Crippen molar-refractivity contribution in [3.63, 3.8) is 0 Å². The molecule has 2 heterocycles. The summed E-state index contributed by atoms with van der Waals surface area (Å²) < 4.78 is 44.1. The van der Waals surface area contributed by atoms with Crippen LogP contribution in [0.3, 0.4) is 0 Å². The van der Waals surface area contributed by atoms with Gasteiger partial charge in [-0.05, 0) is 61.4 Å². The highest BCUT2D eigenvalue weighted by Gasteiger charge is 2.27.